The van der Waals surface area contributed by atoms with Gasteiger partial charge in [0.15, 0.2) is 6.20 Å². The molecule has 0 saturated carbocycles. The SMILES string of the molecule is COC(=O)c1ccc[n+]([O-])c1CCl. The largest absolute Gasteiger partial charge is 0.618 e. The summed E-state index contributed by atoms with van der Waals surface area (Å²) in [6.07, 6.45) is 1.28. The third kappa shape index (κ3) is 1.89. The number of carbonyl (C=O) groups is 1. The van der Waals surface area contributed by atoms with Gasteiger partial charge in [0, 0.05) is 6.07 Å². The van der Waals surface area contributed by atoms with E-state index in [0.717, 1.165) is 0 Å². The van der Waals surface area contributed by atoms with E-state index in [1.807, 2.05) is 0 Å². The van der Waals surface area contributed by atoms with Gasteiger partial charge in [0.05, 0.1) is 7.11 Å². The fourth-order valence-electron chi connectivity index (χ4n) is 0.949. The highest BCUT2D eigenvalue weighted by molar-refractivity contribution is 6.17. The Morgan fingerprint density at radius 3 is 3.00 bits per heavy atom. The first-order valence-corrected chi connectivity index (χ1v) is 4.09. The molecule has 13 heavy (non-hydrogen) atoms. The minimum Gasteiger partial charge on any atom is -0.618 e. The van der Waals surface area contributed by atoms with E-state index in [4.69, 9.17) is 11.6 Å². The molecule has 0 aliphatic rings. The molecule has 0 aromatic carbocycles. The molecule has 0 amide bonds. The van der Waals surface area contributed by atoms with Crippen LogP contribution in [0.5, 0.6) is 0 Å². The number of hydrogen-bond donors (Lipinski definition) is 0. The summed E-state index contributed by atoms with van der Waals surface area (Å²) in [5.74, 6) is -0.574. The number of rotatable bonds is 2. The van der Waals surface area contributed by atoms with Crippen molar-refractivity contribution >= 4 is 17.6 Å². The van der Waals surface area contributed by atoms with Crippen LogP contribution in [0, 0.1) is 5.21 Å². The Balaban J connectivity index is 3.20. The number of halogens is 1. The Hall–Kier alpha value is -1.29. The first-order chi connectivity index (χ1) is 6.20. The van der Waals surface area contributed by atoms with E-state index in [1.54, 1.807) is 0 Å². The number of aromatic nitrogens is 1. The predicted octanol–water partition coefficient (Wildman–Crippen LogP) is 0.845. The molecule has 70 valence electrons. The molecule has 4 nitrogen and oxygen atoms in total. The van der Waals surface area contributed by atoms with Crippen molar-refractivity contribution in [2.45, 2.75) is 5.88 Å². The number of hydrogen-bond acceptors (Lipinski definition) is 3. The summed E-state index contributed by atoms with van der Waals surface area (Å²) in [6, 6.07) is 2.97. The Morgan fingerprint density at radius 2 is 2.46 bits per heavy atom. The van der Waals surface area contributed by atoms with E-state index in [9.17, 15) is 10.0 Å². The van der Waals surface area contributed by atoms with Crippen LogP contribution in [0.2, 0.25) is 0 Å². The monoisotopic (exact) mass is 201 g/mol. The maximum absolute atomic E-state index is 11.1. The molecular formula is C8H8ClNO3. The van der Waals surface area contributed by atoms with Gasteiger partial charge in [-0.1, -0.05) is 0 Å². The van der Waals surface area contributed by atoms with Gasteiger partial charge in [-0.2, -0.15) is 4.73 Å². The van der Waals surface area contributed by atoms with Crippen LogP contribution in [0.4, 0.5) is 0 Å². The van der Waals surface area contributed by atoms with Gasteiger partial charge in [0.2, 0.25) is 5.69 Å². The minimum atomic E-state index is -0.555. The molecule has 0 radical (unpaired) electrons. The number of ether oxygens (including phenoxy) is 1. The fraction of sp³-hybridized carbons (Fsp3) is 0.250. The minimum absolute atomic E-state index is 0.0191. The summed E-state index contributed by atoms with van der Waals surface area (Å²) in [4.78, 5) is 11.1. The van der Waals surface area contributed by atoms with Crippen molar-refractivity contribution in [1.82, 2.24) is 0 Å². The van der Waals surface area contributed by atoms with Crippen molar-refractivity contribution in [2.75, 3.05) is 7.11 Å². The summed E-state index contributed by atoms with van der Waals surface area (Å²) in [7, 11) is 1.25. The lowest BCUT2D eigenvalue weighted by molar-refractivity contribution is -0.613. The van der Waals surface area contributed by atoms with Crippen LogP contribution >= 0.6 is 11.6 Å². The molecule has 0 unspecified atom stereocenters. The molecule has 5 heteroatoms. The highest BCUT2D eigenvalue weighted by Gasteiger charge is 2.17. The van der Waals surface area contributed by atoms with E-state index in [2.05, 4.69) is 4.74 Å². The van der Waals surface area contributed by atoms with Crippen molar-refractivity contribution in [1.29, 1.82) is 0 Å². The van der Waals surface area contributed by atoms with Gasteiger partial charge >= 0.3 is 5.97 Å². The number of nitrogens with zero attached hydrogens (tertiary/aromatic N) is 1. The molecule has 0 N–H and O–H groups in total. The lowest BCUT2D eigenvalue weighted by Gasteiger charge is -2.05. The molecule has 1 rings (SSSR count). The van der Waals surface area contributed by atoms with Gasteiger partial charge in [0.25, 0.3) is 0 Å². The van der Waals surface area contributed by atoms with Crippen molar-refractivity contribution in [3.8, 4) is 0 Å². The quantitative estimate of drug-likeness (QED) is 0.309. The van der Waals surface area contributed by atoms with E-state index >= 15 is 0 Å². The average molecular weight is 202 g/mol. The van der Waals surface area contributed by atoms with Crippen LogP contribution in [0.1, 0.15) is 16.1 Å². The zero-order valence-electron chi connectivity index (χ0n) is 6.99. The second-order valence-corrected chi connectivity index (χ2v) is 2.59. The maximum atomic E-state index is 11.1. The Bertz CT molecular complexity index is 327. The molecule has 0 aliphatic carbocycles. The summed E-state index contributed by atoms with van der Waals surface area (Å²) in [5, 5.41) is 11.1. The third-order valence-corrected chi connectivity index (χ3v) is 1.85. The molecule has 0 spiro atoms. The van der Waals surface area contributed by atoms with E-state index in [1.165, 1.54) is 25.4 Å². The number of pyridine rings is 1. The second kappa shape index (κ2) is 4.09. The fourth-order valence-corrected chi connectivity index (χ4v) is 1.21. The number of methoxy groups -OCH3 is 1. The Morgan fingerprint density at radius 1 is 1.77 bits per heavy atom. The van der Waals surface area contributed by atoms with Gasteiger partial charge in [0.1, 0.15) is 11.4 Å². The molecule has 1 aromatic rings. The lowest BCUT2D eigenvalue weighted by Crippen LogP contribution is -2.33. The van der Waals surface area contributed by atoms with Crippen LogP contribution in [0.15, 0.2) is 18.3 Å². The second-order valence-electron chi connectivity index (χ2n) is 2.32. The number of alkyl halides is 1. The van der Waals surface area contributed by atoms with Crippen molar-refractivity contribution in [3.63, 3.8) is 0 Å². The van der Waals surface area contributed by atoms with Crippen molar-refractivity contribution < 1.29 is 14.3 Å². The first-order valence-electron chi connectivity index (χ1n) is 3.56. The van der Waals surface area contributed by atoms with Gasteiger partial charge in [-0.3, -0.25) is 0 Å². The highest BCUT2D eigenvalue weighted by atomic mass is 35.5. The normalized spacial score (nSPS) is 9.69. The van der Waals surface area contributed by atoms with Crippen LogP contribution in [-0.4, -0.2) is 13.1 Å². The van der Waals surface area contributed by atoms with E-state index in [-0.39, 0.29) is 17.1 Å². The van der Waals surface area contributed by atoms with Crippen LogP contribution in [0.3, 0.4) is 0 Å². The van der Waals surface area contributed by atoms with Crippen LogP contribution in [-0.2, 0) is 10.6 Å². The summed E-state index contributed by atoms with van der Waals surface area (Å²) < 4.78 is 5.04. The van der Waals surface area contributed by atoms with Gasteiger partial charge in [-0.05, 0) is 6.07 Å². The van der Waals surface area contributed by atoms with E-state index in [0.29, 0.717) is 4.73 Å². The molecule has 0 aliphatic heterocycles. The molecule has 0 bridgehead atoms. The first kappa shape index (κ1) is 9.80. The summed E-state index contributed by atoms with van der Waals surface area (Å²) in [6.45, 7) is 0. The number of carbonyl (C=O) groups excluding carboxylic acids is 1. The smallest absolute Gasteiger partial charge is 0.344 e. The zero-order valence-corrected chi connectivity index (χ0v) is 7.75. The standard InChI is InChI=1S/C8H8ClNO3/c1-13-8(11)6-3-2-4-10(12)7(6)5-9/h2-4H,5H2,1H3. The third-order valence-electron chi connectivity index (χ3n) is 1.59. The molecule has 0 saturated heterocycles. The molecule has 1 aromatic heterocycles. The lowest BCUT2D eigenvalue weighted by atomic mass is 10.2. The van der Waals surface area contributed by atoms with Crippen molar-refractivity contribution in [3.05, 3.63) is 34.8 Å². The molecule has 1 heterocycles. The number of esters is 1. The molecule has 0 fully saturated rings. The van der Waals surface area contributed by atoms with Crippen LogP contribution in [0.25, 0.3) is 0 Å². The Labute approximate surface area is 80.3 Å². The summed E-state index contributed by atoms with van der Waals surface area (Å²) in [5.41, 5.74) is 0.408. The molecular weight excluding hydrogens is 194 g/mol. The Kier molecular flexibility index (Phi) is 3.08. The van der Waals surface area contributed by atoms with E-state index < -0.39 is 5.97 Å². The van der Waals surface area contributed by atoms with Crippen LogP contribution < -0.4 is 4.73 Å². The maximum Gasteiger partial charge on any atom is 0.344 e. The van der Waals surface area contributed by atoms with Gasteiger partial charge in [-0.15, -0.1) is 11.6 Å². The topological polar surface area (TPSA) is 53.2 Å². The molecule has 0 atom stereocenters. The van der Waals surface area contributed by atoms with Gasteiger partial charge in [-0.25, -0.2) is 4.79 Å². The zero-order chi connectivity index (χ0) is 9.84. The van der Waals surface area contributed by atoms with Crippen molar-refractivity contribution in [2.24, 2.45) is 0 Å². The highest BCUT2D eigenvalue weighted by Crippen LogP contribution is 2.07. The van der Waals surface area contributed by atoms with Gasteiger partial charge < -0.3 is 9.94 Å². The average Bonchev–Trinajstić information content (AvgIpc) is 2.16. The summed E-state index contributed by atoms with van der Waals surface area (Å²) >= 11 is 5.51. The predicted molar refractivity (Wildman–Crippen MR) is 46.3 cm³/mol.